The highest BCUT2D eigenvalue weighted by atomic mass is 16.6. The smallest absolute Gasteiger partial charge is 0.269 e. The second kappa shape index (κ2) is 9.11. The summed E-state index contributed by atoms with van der Waals surface area (Å²) in [6.45, 7) is 4.03. The number of carbonyl (C=O) groups is 1. The molecule has 2 aliphatic heterocycles. The van der Waals surface area contributed by atoms with E-state index in [9.17, 15) is 14.9 Å². The standard InChI is InChI=1S/C27H24N2O5/c1-18-26-21(16-28(17-33-26)13-5-8-19-6-3-2-4-7-19)15-23-25(30)24(34-27(18)23)14-20-9-11-22(12-10-20)29(31)32/h2-4,6-7,9-12,14-15H,5,8,13,16-17H2,1H3/b24-14-. The molecule has 0 N–H and O–H groups in total. The van der Waals surface area contributed by atoms with Crippen LogP contribution in [-0.4, -0.2) is 28.9 Å². The van der Waals surface area contributed by atoms with E-state index in [0.717, 1.165) is 36.3 Å². The van der Waals surface area contributed by atoms with Crippen molar-refractivity contribution >= 4 is 17.5 Å². The van der Waals surface area contributed by atoms with Crippen molar-refractivity contribution in [2.45, 2.75) is 26.3 Å². The topological polar surface area (TPSA) is 81.9 Å². The molecular weight excluding hydrogens is 432 g/mol. The molecule has 0 amide bonds. The number of benzene rings is 3. The number of hydrogen-bond donors (Lipinski definition) is 0. The van der Waals surface area contributed by atoms with Crippen molar-refractivity contribution in [1.29, 1.82) is 0 Å². The van der Waals surface area contributed by atoms with Gasteiger partial charge in [0.25, 0.3) is 5.69 Å². The molecule has 2 aliphatic rings. The van der Waals surface area contributed by atoms with E-state index in [0.29, 0.717) is 30.2 Å². The van der Waals surface area contributed by atoms with Crippen molar-refractivity contribution in [1.82, 2.24) is 4.90 Å². The molecule has 7 nitrogen and oxygen atoms in total. The number of rotatable bonds is 6. The van der Waals surface area contributed by atoms with Crippen LogP contribution in [0.15, 0.2) is 66.4 Å². The summed E-state index contributed by atoms with van der Waals surface area (Å²) >= 11 is 0. The van der Waals surface area contributed by atoms with Crippen molar-refractivity contribution in [2.75, 3.05) is 13.3 Å². The number of allylic oxidation sites excluding steroid dienone is 1. The van der Waals surface area contributed by atoms with E-state index < -0.39 is 4.92 Å². The number of nitro benzene ring substituents is 1. The lowest BCUT2D eigenvalue weighted by Crippen LogP contribution is -2.33. The van der Waals surface area contributed by atoms with Crippen molar-refractivity contribution in [3.05, 3.63) is 104 Å². The van der Waals surface area contributed by atoms with Crippen molar-refractivity contribution in [3.8, 4) is 11.5 Å². The largest absolute Gasteiger partial charge is 0.477 e. The molecule has 0 saturated heterocycles. The highest BCUT2D eigenvalue weighted by Gasteiger charge is 2.33. The summed E-state index contributed by atoms with van der Waals surface area (Å²) in [7, 11) is 0. The predicted octanol–water partition coefficient (Wildman–Crippen LogP) is 5.30. The Morgan fingerprint density at radius 2 is 1.85 bits per heavy atom. The molecule has 5 rings (SSSR count). The third kappa shape index (κ3) is 4.30. The zero-order valence-electron chi connectivity index (χ0n) is 18.8. The molecule has 0 bridgehead atoms. The minimum atomic E-state index is -0.456. The van der Waals surface area contributed by atoms with E-state index in [1.54, 1.807) is 18.2 Å². The maximum atomic E-state index is 13.1. The average molecular weight is 456 g/mol. The zero-order valence-corrected chi connectivity index (χ0v) is 18.8. The third-order valence-corrected chi connectivity index (χ3v) is 6.19. The van der Waals surface area contributed by atoms with Gasteiger partial charge in [-0.1, -0.05) is 30.3 Å². The van der Waals surface area contributed by atoms with E-state index in [4.69, 9.17) is 9.47 Å². The Balaban J connectivity index is 1.31. The van der Waals surface area contributed by atoms with Crippen LogP contribution in [-0.2, 0) is 13.0 Å². The Kier molecular flexibility index (Phi) is 5.86. The Labute approximate surface area is 197 Å². The molecule has 0 spiro atoms. The highest BCUT2D eigenvalue weighted by Crippen LogP contribution is 2.43. The van der Waals surface area contributed by atoms with Gasteiger partial charge in [-0.05, 0) is 55.2 Å². The summed E-state index contributed by atoms with van der Waals surface area (Å²) in [4.78, 5) is 25.7. The van der Waals surface area contributed by atoms with Crippen LogP contribution in [0, 0.1) is 17.0 Å². The summed E-state index contributed by atoms with van der Waals surface area (Å²) in [5.41, 5.74) is 4.31. The molecule has 0 fully saturated rings. The Morgan fingerprint density at radius 1 is 1.09 bits per heavy atom. The first-order chi connectivity index (χ1) is 16.5. The van der Waals surface area contributed by atoms with Crippen LogP contribution in [0.5, 0.6) is 11.5 Å². The number of ketones is 1. The lowest BCUT2D eigenvalue weighted by Gasteiger charge is -2.30. The molecule has 0 radical (unpaired) electrons. The zero-order chi connectivity index (χ0) is 23.7. The number of fused-ring (bicyclic) bond motifs is 2. The van der Waals surface area contributed by atoms with Gasteiger partial charge in [0, 0.05) is 36.3 Å². The van der Waals surface area contributed by atoms with E-state index >= 15 is 0 Å². The molecule has 0 aliphatic carbocycles. The number of non-ortho nitro benzene ring substituents is 1. The summed E-state index contributed by atoms with van der Waals surface area (Å²) in [5, 5.41) is 10.9. The number of aryl methyl sites for hydroxylation is 1. The lowest BCUT2D eigenvalue weighted by atomic mass is 10.00. The molecule has 3 aromatic rings. The summed E-state index contributed by atoms with van der Waals surface area (Å²) in [6, 6.07) is 18.3. The number of nitrogens with zero attached hydrogens (tertiary/aromatic N) is 2. The van der Waals surface area contributed by atoms with E-state index in [-0.39, 0.29) is 17.2 Å². The van der Waals surface area contributed by atoms with Crippen LogP contribution >= 0.6 is 0 Å². The van der Waals surface area contributed by atoms with Crippen molar-refractivity contribution in [3.63, 3.8) is 0 Å². The molecule has 34 heavy (non-hydrogen) atoms. The molecule has 0 aromatic heterocycles. The van der Waals surface area contributed by atoms with Gasteiger partial charge in [0.05, 0.1) is 10.5 Å². The van der Waals surface area contributed by atoms with Crippen LogP contribution in [0.25, 0.3) is 6.08 Å². The third-order valence-electron chi connectivity index (χ3n) is 6.19. The predicted molar refractivity (Wildman–Crippen MR) is 128 cm³/mol. The Morgan fingerprint density at radius 3 is 2.59 bits per heavy atom. The number of Topliss-reactive ketones (excluding diaryl/α,β-unsaturated/α-hetero) is 1. The fourth-order valence-electron chi connectivity index (χ4n) is 4.44. The maximum absolute atomic E-state index is 13.1. The van der Waals surface area contributed by atoms with Crippen LogP contribution in [0.4, 0.5) is 5.69 Å². The molecule has 0 unspecified atom stereocenters. The van der Waals surface area contributed by atoms with Gasteiger partial charge >= 0.3 is 0 Å². The Hall–Kier alpha value is -3.97. The van der Waals surface area contributed by atoms with E-state index in [1.165, 1.54) is 17.7 Å². The maximum Gasteiger partial charge on any atom is 0.269 e. The van der Waals surface area contributed by atoms with Gasteiger partial charge in [0.1, 0.15) is 18.2 Å². The second-order valence-electron chi connectivity index (χ2n) is 8.57. The van der Waals surface area contributed by atoms with Gasteiger partial charge in [-0.3, -0.25) is 19.8 Å². The summed E-state index contributed by atoms with van der Waals surface area (Å²) in [5.74, 6) is 1.31. The number of carbonyl (C=O) groups excluding carboxylic acids is 1. The fourth-order valence-corrected chi connectivity index (χ4v) is 4.44. The minimum absolute atomic E-state index is 0.00176. The van der Waals surface area contributed by atoms with Gasteiger partial charge in [-0.2, -0.15) is 0 Å². The van der Waals surface area contributed by atoms with Crippen molar-refractivity contribution in [2.24, 2.45) is 0 Å². The SMILES string of the molecule is Cc1c2c(cc3c1O/C(=C\c1ccc([N+](=O)[O-])cc1)C3=O)CN(CCCc1ccccc1)CO2. The first-order valence-electron chi connectivity index (χ1n) is 11.2. The van der Waals surface area contributed by atoms with Crippen LogP contribution in [0.2, 0.25) is 0 Å². The molecule has 0 saturated carbocycles. The van der Waals surface area contributed by atoms with Gasteiger partial charge in [0.2, 0.25) is 5.78 Å². The molecule has 2 heterocycles. The van der Waals surface area contributed by atoms with Crippen LogP contribution in [0.3, 0.4) is 0 Å². The van der Waals surface area contributed by atoms with Gasteiger partial charge < -0.3 is 9.47 Å². The minimum Gasteiger partial charge on any atom is -0.477 e. The monoisotopic (exact) mass is 456 g/mol. The van der Waals surface area contributed by atoms with Crippen LogP contribution in [0.1, 0.15) is 39.0 Å². The highest BCUT2D eigenvalue weighted by molar-refractivity contribution is 6.15. The molecular formula is C27H24N2O5. The fraction of sp³-hybridized carbons (Fsp3) is 0.222. The normalized spacial score (nSPS) is 16.0. The molecule has 172 valence electrons. The van der Waals surface area contributed by atoms with Crippen LogP contribution < -0.4 is 9.47 Å². The summed E-state index contributed by atoms with van der Waals surface area (Å²) < 4.78 is 12.0. The van der Waals surface area contributed by atoms with Gasteiger partial charge in [-0.15, -0.1) is 0 Å². The van der Waals surface area contributed by atoms with Crippen molar-refractivity contribution < 1.29 is 19.2 Å². The first-order valence-corrected chi connectivity index (χ1v) is 11.2. The van der Waals surface area contributed by atoms with E-state index in [1.807, 2.05) is 19.1 Å². The quantitative estimate of drug-likeness (QED) is 0.284. The molecule has 7 heteroatoms. The van der Waals surface area contributed by atoms with Gasteiger partial charge in [0.15, 0.2) is 5.76 Å². The lowest BCUT2D eigenvalue weighted by molar-refractivity contribution is -0.384. The second-order valence-corrected chi connectivity index (χ2v) is 8.57. The number of nitro groups is 1. The number of ether oxygens (including phenoxy) is 2. The summed E-state index contributed by atoms with van der Waals surface area (Å²) in [6.07, 6.45) is 3.65. The average Bonchev–Trinajstić information content (AvgIpc) is 3.15. The molecule has 3 aromatic carbocycles. The Bertz CT molecular complexity index is 1280. The number of hydrogen-bond acceptors (Lipinski definition) is 6. The first kappa shape index (κ1) is 21.9. The van der Waals surface area contributed by atoms with E-state index in [2.05, 4.69) is 29.2 Å². The molecule has 0 atom stereocenters. The van der Waals surface area contributed by atoms with Gasteiger partial charge in [-0.25, -0.2) is 0 Å².